The van der Waals surface area contributed by atoms with Crippen LogP contribution in [0.2, 0.25) is 5.02 Å². The zero-order valence-corrected chi connectivity index (χ0v) is 12.1. The fraction of sp³-hybridized carbons (Fsp3) is 0.214. The standard InChI is InChI=1S/C14H11BClN3O3/c16-12-4-9(15(21)22)1-7-3-13(18-6-11(7)12)19-14(20)10-2-8(10)5-17/h1,3-4,6,8,10,21-22H,2H2,(H,18,19,20)/t8?,10-/m1/s1. The van der Waals surface area contributed by atoms with Crippen LogP contribution in [-0.4, -0.2) is 28.1 Å². The highest BCUT2D eigenvalue weighted by molar-refractivity contribution is 6.59. The van der Waals surface area contributed by atoms with Gasteiger partial charge in [0, 0.05) is 16.6 Å². The third-order valence-corrected chi connectivity index (χ3v) is 3.96. The van der Waals surface area contributed by atoms with Gasteiger partial charge in [0.1, 0.15) is 5.82 Å². The van der Waals surface area contributed by atoms with Gasteiger partial charge in [-0.05, 0) is 29.4 Å². The molecule has 0 spiro atoms. The molecule has 0 radical (unpaired) electrons. The largest absolute Gasteiger partial charge is 0.488 e. The van der Waals surface area contributed by atoms with Crippen LogP contribution in [0.3, 0.4) is 0 Å². The molecule has 2 atom stereocenters. The van der Waals surface area contributed by atoms with Crippen molar-refractivity contribution in [2.75, 3.05) is 5.32 Å². The van der Waals surface area contributed by atoms with Crippen LogP contribution in [0.4, 0.5) is 5.82 Å². The van der Waals surface area contributed by atoms with Crippen molar-refractivity contribution < 1.29 is 14.8 Å². The number of fused-ring (bicyclic) bond motifs is 1. The summed E-state index contributed by atoms with van der Waals surface area (Å²) in [7, 11) is -1.63. The van der Waals surface area contributed by atoms with Gasteiger partial charge >= 0.3 is 7.12 Å². The molecular weight excluding hydrogens is 304 g/mol. The fourth-order valence-electron chi connectivity index (χ4n) is 2.30. The first-order valence-electron chi connectivity index (χ1n) is 6.65. The second-order valence-electron chi connectivity index (χ2n) is 5.23. The molecule has 3 N–H and O–H groups in total. The number of amides is 1. The molecular formula is C14H11BClN3O3. The maximum absolute atomic E-state index is 11.9. The molecule has 8 heteroatoms. The van der Waals surface area contributed by atoms with E-state index in [1.54, 1.807) is 12.1 Å². The third-order valence-electron chi connectivity index (χ3n) is 3.65. The highest BCUT2D eigenvalue weighted by Gasteiger charge is 2.43. The number of benzene rings is 1. The van der Waals surface area contributed by atoms with Gasteiger partial charge in [-0.1, -0.05) is 17.7 Å². The van der Waals surface area contributed by atoms with Gasteiger partial charge in [-0.25, -0.2) is 4.98 Å². The quantitative estimate of drug-likeness (QED) is 0.722. The Bertz CT molecular complexity index is 806. The zero-order chi connectivity index (χ0) is 15.9. The first-order valence-corrected chi connectivity index (χ1v) is 7.03. The molecule has 1 saturated carbocycles. The number of anilines is 1. The minimum Gasteiger partial charge on any atom is -0.423 e. The molecule has 1 heterocycles. The summed E-state index contributed by atoms with van der Waals surface area (Å²) >= 11 is 6.08. The number of nitrogens with one attached hydrogen (secondary N) is 1. The molecule has 1 amide bonds. The number of carbonyl (C=O) groups is 1. The predicted molar refractivity (Wildman–Crippen MR) is 82.4 cm³/mol. The molecule has 1 aliphatic rings. The molecule has 0 aliphatic heterocycles. The molecule has 1 aromatic heterocycles. The highest BCUT2D eigenvalue weighted by atomic mass is 35.5. The minimum atomic E-state index is -1.63. The van der Waals surface area contributed by atoms with Crippen molar-refractivity contribution in [3.8, 4) is 6.07 Å². The first-order chi connectivity index (χ1) is 10.5. The Balaban J connectivity index is 1.89. The molecule has 0 bridgehead atoms. The Morgan fingerprint density at radius 2 is 2.23 bits per heavy atom. The summed E-state index contributed by atoms with van der Waals surface area (Å²) in [5.74, 6) is -0.396. The Morgan fingerprint density at radius 1 is 1.45 bits per heavy atom. The Labute approximate surface area is 131 Å². The van der Waals surface area contributed by atoms with Gasteiger partial charge in [-0.2, -0.15) is 5.26 Å². The van der Waals surface area contributed by atoms with Crippen molar-refractivity contribution >= 4 is 46.7 Å². The maximum atomic E-state index is 11.9. The molecule has 0 saturated heterocycles. The molecule has 110 valence electrons. The van der Waals surface area contributed by atoms with E-state index in [0.29, 0.717) is 28.0 Å². The van der Waals surface area contributed by atoms with Gasteiger partial charge in [-0.3, -0.25) is 4.79 Å². The molecule has 1 unspecified atom stereocenters. The van der Waals surface area contributed by atoms with E-state index in [-0.39, 0.29) is 23.2 Å². The number of halogens is 1. The second-order valence-corrected chi connectivity index (χ2v) is 5.64. The van der Waals surface area contributed by atoms with E-state index in [9.17, 15) is 14.8 Å². The number of pyridine rings is 1. The number of hydrogen-bond acceptors (Lipinski definition) is 5. The Morgan fingerprint density at radius 3 is 2.86 bits per heavy atom. The number of nitrogens with zero attached hydrogens (tertiary/aromatic N) is 2. The lowest BCUT2D eigenvalue weighted by Crippen LogP contribution is -2.29. The van der Waals surface area contributed by atoms with Crippen LogP contribution < -0.4 is 10.8 Å². The summed E-state index contributed by atoms with van der Waals surface area (Å²) < 4.78 is 0. The van der Waals surface area contributed by atoms with Crippen molar-refractivity contribution in [3.05, 3.63) is 29.4 Å². The van der Waals surface area contributed by atoms with Crippen LogP contribution in [0.5, 0.6) is 0 Å². The summed E-state index contributed by atoms with van der Waals surface area (Å²) in [5, 5.41) is 31.5. The molecule has 2 aromatic rings. The summed E-state index contributed by atoms with van der Waals surface area (Å²) in [6, 6.07) is 6.69. The van der Waals surface area contributed by atoms with Crippen LogP contribution >= 0.6 is 11.6 Å². The van der Waals surface area contributed by atoms with Gasteiger partial charge in [0.25, 0.3) is 0 Å². The molecule has 1 aliphatic carbocycles. The van der Waals surface area contributed by atoms with E-state index < -0.39 is 7.12 Å². The molecule has 6 nitrogen and oxygen atoms in total. The van der Waals surface area contributed by atoms with Crippen molar-refractivity contribution in [2.45, 2.75) is 6.42 Å². The average Bonchev–Trinajstić information content (AvgIpc) is 3.26. The van der Waals surface area contributed by atoms with Crippen LogP contribution in [-0.2, 0) is 4.79 Å². The minimum absolute atomic E-state index is 0.217. The van der Waals surface area contributed by atoms with Gasteiger partial charge in [0.15, 0.2) is 0 Å². The van der Waals surface area contributed by atoms with Gasteiger partial charge in [-0.15, -0.1) is 0 Å². The maximum Gasteiger partial charge on any atom is 0.488 e. The Kier molecular flexibility index (Phi) is 3.75. The van der Waals surface area contributed by atoms with Crippen molar-refractivity contribution in [2.24, 2.45) is 11.8 Å². The number of hydrogen-bond donors (Lipinski definition) is 3. The smallest absolute Gasteiger partial charge is 0.423 e. The van der Waals surface area contributed by atoms with Crippen molar-refractivity contribution in [1.29, 1.82) is 5.26 Å². The van der Waals surface area contributed by atoms with Crippen LogP contribution in [0.1, 0.15) is 6.42 Å². The fourth-order valence-corrected chi connectivity index (χ4v) is 2.58. The number of carbonyl (C=O) groups excluding carboxylic acids is 1. The second kappa shape index (κ2) is 5.57. The summed E-state index contributed by atoms with van der Waals surface area (Å²) in [6.07, 6.45) is 2.08. The third kappa shape index (κ3) is 2.77. The number of nitriles is 1. The van der Waals surface area contributed by atoms with E-state index in [2.05, 4.69) is 16.4 Å². The Hall–Kier alpha value is -2.14. The molecule has 3 rings (SSSR count). The van der Waals surface area contributed by atoms with E-state index in [1.165, 1.54) is 12.3 Å². The topological polar surface area (TPSA) is 106 Å². The van der Waals surface area contributed by atoms with Gasteiger partial charge < -0.3 is 15.4 Å². The first kappa shape index (κ1) is 14.8. The zero-order valence-electron chi connectivity index (χ0n) is 11.3. The van der Waals surface area contributed by atoms with Crippen LogP contribution in [0, 0.1) is 23.2 Å². The van der Waals surface area contributed by atoms with Crippen molar-refractivity contribution in [1.82, 2.24) is 4.98 Å². The van der Waals surface area contributed by atoms with Crippen molar-refractivity contribution in [3.63, 3.8) is 0 Å². The SMILES string of the molecule is N#CC1C[C@H]1C(=O)Nc1cc2cc(B(O)O)cc(Cl)c2cn1. The lowest BCUT2D eigenvalue weighted by Gasteiger charge is -2.08. The van der Waals surface area contributed by atoms with Crippen LogP contribution in [0.15, 0.2) is 24.4 Å². The normalized spacial score (nSPS) is 19.5. The van der Waals surface area contributed by atoms with Gasteiger partial charge in [0.05, 0.1) is 17.9 Å². The lowest BCUT2D eigenvalue weighted by atomic mass is 9.79. The predicted octanol–water partition coefficient (Wildman–Crippen LogP) is 0.666. The molecule has 1 fully saturated rings. The number of rotatable bonds is 3. The lowest BCUT2D eigenvalue weighted by molar-refractivity contribution is -0.117. The monoisotopic (exact) mass is 315 g/mol. The summed E-state index contributed by atoms with van der Waals surface area (Å²) in [4.78, 5) is 16.0. The van der Waals surface area contributed by atoms with E-state index in [0.717, 1.165) is 0 Å². The molecule has 1 aromatic carbocycles. The van der Waals surface area contributed by atoms with Crippen LogP contribution in [0.25, 0.3) is 10.8 Å². The average molecular weight is 316 g/mol. The summed E-state index contributed by atoms with van der Waals surface area (Å²) in [6.45, 7) is 0. The molecule has 22 heavy (non-hydrogen) atoms. The number of aromatic nitrogens is 1. The van der Waals surface area contributed by atoms with E-state index in [1.807, 2.05) is 0 Å². The summed E-state index contributed by atoms with van der Waals surface area (Å²) in [5.41, 5.74) is 0.257. The van der Waals surface area contributed by atoms with E-state index in [4.69, 9.17) is 16.9 Å². The van der Waals surface area contributed by atoms with E-state index >= 15 is 0 Å². The highest BCUT2D eigenvalue weighted by Crippen LogP contribution is 2.38. The van der Waals surface area contributed by atoms with Gasteiger partial charge in [0.2, 0.25) is 5.91 Å².